The van der Waals surface area contributed by atoms with Gasteiger partial charge in [-0.05, 0) is 32.7 Å². The fourth-order valence-electron chi connectivity index (χ4n) is 3.41. The third kappa shape index (κ3) is 5.57. The van der Waals surface area contributed by atoms with Crippen LogP contribution in [0.3, 0.4) is 0 Å². The molecular formula is C21H31N5O. The van der Waals surface area contributed by atoms with Gasteiger partial charge in [0, 0.05) is 31.7 Å². The maximum Gasteiger partial charge on any atom is 0.214 e. The van der Waals surface area contributed by atoms with Crippen LogP contribution in [0, 0.1) is 6.92 Å². The Bertz CT molecular complexity index is 729. The summed E-state index contributed by atoms with van der Waals surface area (Å²) in [4.78, 5) is 11.3. The number of aromatic nitrogens is 1. The predicted octanol–water partition coefficient (Wildman–Crippen LogP) is 3.19. The van der Waals surface area contributed by atoms with Crippen molar-refractivity contribution in [3.05, 3.63) is 41.9 Å². The molecule has 2 N–H and O–H groups in total. The summed E-state index contributed by atoms with van der Waals surface area (Å²) in [6.07, 6.45) is 5.30. The molecule has 1 aliphatic rings. The van der Waals surface area contributed by atoms with Gasteiger partial charge in [0.15, 0.2) is 11.7 Å². The van der Waals surface area contributed by atoms with Crippen LogP contribution in [0.2, 0.25) is 0 Å². The lowest BCUT2D eigenvalue weighted by Crippen LogP contribution is -2.48. The van der Waals surface area contributed by atoms with Gasteiger partial charge in [-0.25, -0.2) is 4.98 Å². The number of guanidine groups is 1. The van der Waals surface area contributed by atoms with E-state index >= 15 is 0 Å². The number of rotatable bonds is 6. The molecule has 146 valence electrons. The molecule has 0 atom stereocenters. The Hall–Kier alpha value is -2.34. The van der Waals surface area contributed by atoms with Crippen molar-refractivity contribution in [2.45, 2.75) is 45.7 Å². The molecule has 1 aromatic heterocycles. The summed E-state index contributed by atoms with van der Waals surface area (Å²) >= 11 is 0. The molecule has 0 spiro atoms. The second-order valence-corrected chi connectivity index (χ2v) is 7.17. The highest BCUT2D eigenvalue weighted by Gasteiger charge is 2.19. The molecule has 0 saturated carbocycles. The van der Waals surface area contributed by atoms with Crippen molar-refractivity contribution in [1.29, 1.82) is 0 Å². The third-order valence-corrected chi connectivity index (χ3v) is 4.99. The smallest absolute Gasteiger partial charge is 0.214 e. The Balaban J connectivity index is 1.48. The molecule has 0 amide bonds. The summed E-state index contributed by atoms with van der Waals surface area (Å²) in [5, 5.41) is 6.84. The first-order valence-electron chi connectivity index (χ1n) is 9.89. The van der Waals surface area contributed by atoms with E-state index in [1.807, 2.05) is 0 Å². The van der Waals surface area contributed by atoms with E-state index in [4.69, 9.17) is 4.42 Å². The second kappa shape index (κ2) is 9.55. The fraction of sp³-hybridized carbons (Fsp3) is 0.524. The molecular weight excluding hydrogens is 338 g/mol. The summed E-state index contributed by atoms with van der Waals surface area (Å²) < 4.78 is 5.87. The van der Waals surface area contributed by atoms with Crippen LogP contribution in [0.15, 0.2) is 39.9 Å². The molecule has 6 heteroatoms. The molecule has 2 heterocycles. The molecule has 1 aromatic carbocycles. The Morgan fingerprint density at radius 3 is 2.67 bits per heavy atom. The van der Waals surface area contributed by atoms with Crippen molar-refractivity contribution < 1.29 is 4.42 Å². The van der Waals surface area contributed by atoms with Crippen molar-refractivity contribution in [3.63, 3.8) is 0 Å². The second-order valence-electron chi connectivity index (χ2n) is 7.17. The van der Waals surface area contributed by atoms with Crippen LogP contribution in [-0.4, -0.2) is 48.6 Å². The van der Waals surface area contributed by atoms with Gasteiger partial charge in [0.25, 0.3) is 0 Å². The molecule has 1 aliphatic heterocycles. The number of piperidine rings is 1. The number of benzene rings is 1. The zero-order valence-corrected chi connectivity index (χ0v) is 16.7. The molecule has 0 bridgehead atoms. The highest BCUT2D eigenvalue weighted by molar-refractivity contribution is 5.79. The van der Waals surface area contributed by atoms with Gasteiger partial charge in [-0.1, -0.05) is 36.8 Å². The van der Waals surface area contributed by atoms with Gasteiger partial charge in [0.05, 0.1) is 12.7 Å². The monoisotopic (exact) mass is 369 g/mol. The number of hydrogen-bond acceptors (Lipinski definition) is 4. The average molecular weight is 370 g/mol. The average Bonchev–Trinajstić information content (AvgIpc) is 3.16. The van der Waals surface area contributed by atoms with E-state index in [0.717, 1.165) is 43.2 Å². The van der Waals surface area contributed by atoms with Gasteiger partial charge in [0.1, 0.15) is 0 Å². The SMILES string of the molecule is CCCN1CCC(NC(=NC)NCc2ncc(-c3ccc(C)cc3)o2)CC1. The van der Waals surface area contributed by atoms with Gasteiger partial charge in [-0.3, -0.25) is 4.99 Å². The first-order valence-corrected chi connectivity index (χ1v) is 9.89. The minimum atomic E-state index is 0.469. The van der Waals surface area contributed by atoms with Crippen LogP contribution >= 0.6 is 0 Å². The zero-order valence-electron chi connectivity index (χ0n) is 16.7. The van der Waals surface area contributed by atoms with Crippen molar-refractivity contribution >= 4 is 5.96 Å². The summed E-state index contributed by atoms with van der Waals surface area (Å²) in [5.74, 6) is 2.25. The van der Waals surface area contributed by atoms with Crippen LogP contribution < -0.4 is 10.6 Å². The van der Waals surface area contributed by atoms with E-state index in [9.17, 15) is 0 Å². The lowest BCUT2D eigenvalue weighted by Gasteiger charge is -2.32. The standard InChI is InChI=1S/C21H31N5O/c1-4-11-26-12-9-18(10-13-26)25-21(22-3)24-15-20-23-14-19(27-20)17-7-5-16(2)6-8-17/h5-8,14,18H,4,9-13,15H2,1-3H3,(H2,22,24,25). The highest BCUT2D eigenvalue weighted by atomic mass is 16.4. The van der Waals surface area contributed by atoms with Crippen molar-refractivity contribution in [3.8, 4) is 11.3 Å². The van der Waals surface area contributed by atoms with Gasteiger partial charge in [-0.2, -0.15) is 0 Å². The summed E-state index contributed by atoms with van der Waals surface area (Å²) in [6, 6.07) is 8.73. The van der Waals surface area contributed by atoms with Crippen LogP contribution in [0.5, 0.6) is 0 Å². The van der Waals surface area contributed by atoms with Crippen LogP contribution in [0.4, 0.5) is 0 Å². The van der Waals surface area contributed by atoms with E-state index < -0.39 is 0 Å². The molecule has 27 heavy (non-hydrogen) atoms. The first kappa shape index (κ1) is 19.4. The first-order chi connectivity index (χ1) is 13.2. The Labute approximate surface area is 162 Å². The van der Waals surface area contributed by atoms with Gasteiger partial charge in [-0.15, -0.1) is 0 Å². The maximum absolute atomic E-state index is 5.87. The number of hydrogen-bond donors (Lipinski definition) is 2. The van der Waals surface area contributed by atoms with Crippen LogP contribution in [0.1, 0.15) is 37.6 Å². The van der Waals surface area contributed by atoms with E-state index in [0.29, 0.717) is 18.5 Å². The third-order valence-electron chi connectivity index (χ3n) is 4.99. The van der Waals surface area contributed by atoms with E-state index in [1.54, 1.807) is 13.2 Å². The number of nitrogens with one attached hydrogen (secondary N) is 2. The molecule has 0 unspecified atom stereocenters. The normalized spacial score (nSPS) is 16.5. The number of likely N-dealkylation sites (tertiary alicyclic amines) is 1. The molecule has 1 fully saturated rings. The van der Waals surface area contributed by atoms with Crippen molar-refractivity contribution in [1.82, 2.24) is 20.5 Å². The molecule has 6 nitrogen and oxygen atoms in total. The highest BCUT2D eigenvalue weighted by Crippen LogP contribution is 2.20. The summed E-state index contributed by atoms with van der Waals surface area (Å²) in [6.45, 7) is 8.34. The van der Waals surface area contributed by atoms with Crippen molar-refractivity contribution in [2.24, 2.45) is 4.99 Å². The van der Waals surface area contributed by atoms with E-state index in [-0.39, 0.29) is 0 Å². The Kier molecular flexibility index (Phi) is 6.87. The van der Waals surface area contributed by atoms with Crippen LogP contribution in [0.25, 0.3) is 11.3 Å². The van der Waals surface area contributed by atoms with E-state index in [2.05, 4.69) is 63.6 Å². The van der Waals surface area contributed by atoms with Crippen LogP contribution in [-0.2, 0) is 6.54 Å². The largest absolute Gasteiger partial charge is 0.439 e. The zero-order chi connectivity index (χ0) is 19.1. The minimum absolute atomic E-state index is 0.469. The quantitative estimate of drug-likeness (QED) is 0.605. The lowest BCUT2D eigenvalue weighted by atomic mass is 10.1. The molecule has 0 aliphatic carbocycles. The van der Waals surface area contributed by atoms with Gasteiger partial charge >= 0.3 is 0 Å². The van der Waals surface area contributed by atoms with Crippen molar-refractivity contribution in [2.75, 3.05) is 26.7 Å². The van der Waals surface area contributed by atoms with E-state index in [1.165, 1.54) is 18.5 Å². The fourth-order valence-corrected chi connectivity index (χ4v) is 3.41. The number of nitrogens with zero attached hydrogens (tertiary/aromatic N) is 3. The topological polar surface area (TPSA) is 65.7 Å². The summed E-state index contributed by atoms with van der Waals surface area (Å²) in [5.41, 5.74) is 2.27. The number of oxazole rings is 1. The van der Waals surface area contributed by atoms with Gasteiger partial charge < -0.3 is 20.0 Å². The summed E-state index contributed by atoms with van der Waals surface area (Å²) in [7, 11) is 1.80. The Morgan fingerprint density at radius 1 is 1.26 bits per heavy atom. The molecule has 2 aromatic rings. The van der Waals surface area contributed by atoms with Gasteiger partial charge in [0.2, 0.25) is 5.89 Å². The lowest BCUT2D eigenvalue weighted by molar-refractivity contribution is 0.206. The number of aliphatic imine (C=N–C) groups is 1. The Morgan fingerprint density at radius 2 is 2.00 bits per heavy atom. The minimum Gasteiger partial charge on any atom is -0.439 e. The molecule has 0 radical (unpaired) electrons. The predicted molar refractivity (Wildman–Crippen MR) is 110 cm³/mol. The number of aryl methyl sites for hydroxylation is 1. The maximum atomic E-state index is 5.87. The molecule has 1 saturated heterocycles. The molecule has 3 rings (SSSR count).